The van der Waals surface area contributed by atoms with E-state index in [0.29, 0.717) is 6.54 Å². The van der Waals surface area contributed by atoms with Crippen LogP contribution in [-0.2, 0) is 0 Å². The second-order valence-electron chi connectivity index (χ2n) is 5.06. The summed E-state index contributed by atoms with van der Waals surface area (Å²) in [6.45, 7) is 4.59. The van der Waals surface area contributed by atoms with Crippen LogP contribution in [0.15, 0.2) is 36.4 Å². The van der Waals surface area contributed by atoms with E-state index in [1.807, 2.05) is 38.1 Å². The molecule has 0 aliphatic rings. The molecule has 0 spiro atoms. The monoisotopic (exact) mass is 293 g/mol. The normalized spacial score (nSPS) is 12.4. The standard InChI is InChI=1S/C17H18F3N/c1-3-10-21-17(12-6-4-11(2)5-7-12)13-8-9-14(18)16(20)15(13)19/h4-9,17,21H,3,10H2,1-2H3. The fourth-order valence-corrected chi connectivity index (χ4v) is 2.22. The van der Waals surface area contributed by atoms with E-state index in [1.165, 1.54) is 6.07 Å². The molecule has 2 aromatic carbocycles. The van der Waals surface area contributed by atoms with Crippen molar-refractivity contribution in [2.45, 2.75) is 26.3 Å². The molecule has 0 heterocycles. The lowest BCUT2D eigenvalue weighted by atomic mass is 9.97. The van der Waals surface area contributed by atoms with Crippen LogP contribution in [0.25, 0.3) is 0 Å². The van der Waals surface area contributed by atoms with Crippen LogP contribution in [0.3, 0.4) is 0 Å². The maximum Gasteiger partial charge on any atom is 0.194 e. The summed E-state index contributed by atoms with van der Waals surface area (Å²) in [6.07, 6.45) is 0.855. The molecule has 0 fully saturated rings. The lowest BCUT2D eigenvalue weighted by Gasteiger charge is -2.20. The number of aryl methyl sites for hydroxylation is 1. The maximum atomic E-state index is 14.0. The van der Waals surface area contributed by atoms with Crippen molar-refractivity contribution < 1.29 is 13.2 Å². The summed E-state index contributed by atoms with van der Waals surface area (Å²) in [5, 5.41) is 3.18. The first-order valence-electron chi connectivity index (χ1n) is 6.98. The second-order valence-corrected chi connectivity index (χ2v) is 5.06. The quantitative estimate of drug-likeness (QED) is 0.800. The Bertz CT molecular complexity index is 608. The molecule has 1 unspecified atom stereocenters. The first-order chi connectivity index (χ1) is 10.0. The molecule has 0 aliphatic carbocycles. The van der Waals surface area contributed by atoms with Crippen LogP contribution in [0.5, 0.6) is 0 Å². The predicted molar refractivity (Wildman–Crippen MR) is 77.6 cm³/mol. The molecule has 2 rings (SSSR count). The van der Waals surface area contributed by atoms with Gasteiger partial charge >= 0.3 is 0 Å². The van der Waals surface area contributed by atoms with Crippen LogP contribution >= 0.6 is 0 Å². The highest BCUT2D eigenvalue weighted by atomic mass is 19.2. The van der Waals surface area contributed by atoms with Crippen molar-refractivity contribution in [2.75, 3.05) is 6.54 Å². The molecule has 112 valence electrons. The van der Waals surface area contributed by atoms with E-state index in [2.05, 4.69) is 5.32 Å². The Labute approximate surface area is 122 Å². The minimum Gasteiger partial charge on any atom is -0.306 e. The van der Waals surface area contributed by atoms with Gasteiger partial charge in [-0.3, -0.25) is 0 Å². The molecule has 0 bridgehead atoms. The SMILES string of the molecule is CCCNC(c1ccc(C)cc1)c1ccc(F)c(F)c1F. The first kappa shape index (κ1) is 15.6. The van der Waals surface area contributed by atoms with Gasteiger partial charge in [-0.25, -0.2) is 13.2 Å². The van der Waals surface area contributed by atoms with Gasteiger partial charge in [-0.2, -0.15) is 0 Å². The molecule has 0 saturated heterocycles. The highest BCUT2D eigenvalue weighted by Crippen LogP contribution is 2.27. The zero-order chi connectivity index (χ0) is 15.4. The molecule has 1 nitrogen and oxygen atoms in total. The zero-order valence-electron chi connectivity index (χ0n) is 12.1. The average molecular weight is 293 g/mol. The maximum absolute atomic E-state index is 14.0. The van der Waals surface area contributed by atoms with Crippen molar-refractivity contribution in [1.29, 1.82) is 0 Å². The Kier molecular flexibility index (Phi) is 5.02. The van der Waals surface area contributed by atoms with Gasteiger partial charge in [0.1, 0.15) is 0 Å². The van der Waals surface area contributed by atoms with Crippen molar-refractivity contribution in [3.8, 4) is 0 Å². The predicted octanol–water partition coefficient (Wildman–Crippen LogP) is 4.50. The number of rotatable bonds is 5. The smallest absolute Gasteiger partial charge is 0.194 e. The Morgan fingerprint density at radius 2 is 1.62 bits per heavy atom. The van der Waals surface area contributed by atoms with Gasteiger partial charge in [-0.05, 0) is 31.5 Å². The van der Waals surface area contributed by atoms with Crippen molar-refractivity contribution in [1.82, 2.24) is 5.32 Å². The largest absolute Gasteiger partial charge is 0.306 e. The van der Waals surface area contributed by atoms with Gasteiger partial charge in [-0.15, -0.1) is 0 Å². The fraction of sp³-hybridized carbons (Fsp3) is 0.294. The highest BCUT2D eigenvalue weighted by molar-refractivity contribution is 5.34. The Hall–Kier alpha value is -1.81. The first-order valence-corrected chi connectivity index (χ1v) is 6.98. The summed E-state index contributed by atoms with van der Waals surface area (Å²) in [4.78, 5) is 0. The van der Waals surface area contributed by atoms with Crippen molar-refractivity contribution in [3.63, 3.8) is 0 Å². The van der Waals surface area contributed by atoms with E-state index in [1.54, 1.807) is 0 Å². The van der Waals surface area contributed by atoms with Gasteiger partial charge in [0, 0.05) is 5.56 Å². The van der Waals surface area contributed by atoms with Crippen molar-refractivity contribution >= 4 is 0 Å². The van der Waals surface area contributed by atoms with Gasteiger partial charge in [-0.1, -0.05) is 42.8 Å². The molecule has 1 atom stereocenters. The van der Waals surface area contributed by atoms with Crippen LogP contribution in [-0.4, -0.2) is 6.54 Å². The molecule has 0 aliphatic heterocycles. The van der Waals surface area contributed by atoms with Gasteiger partial charge in [0.05, 0.1) is 6.04 Å². The molecule has 0 radical (unpaired) electrons. The number of halogens is 3. The molecular weight excluding hydrogens is 275 g/mol. The van der Waals surface area contributed by atoms with Crippen molar-refractivity contribution in [2.24, 2.45) is 0 Å². The van der Waals surface area contributed by atoms with Crippen LogP contribution in [0.4, 0.5) is 13.2 Å². The summed E-state index contributed by atoms with van der Waals surface area (Å²) < 4.78 is 40.6. The van der Waals surface area contributed by atoms with Gasteiger partial charge in [0.25, 0.3) is 0 Å². The molecule has 2 aromatic rings. The summed E-state index contributed by atoms with van der Waals surface area (Å²) in [5.74, 6) is -3.73. The van der Waals surface area contributed by atoms with Gasteiger partial charge in [0.15, 0.2) is 17.5 Å². The fourth-order valence-electron chi connectivity index (χ4n) is 2.22. The Balaban J connectivity index is 2.45. The Morgan fingerprint density at radius 3 is 2.24 bits per heavy atom. The zero-order valence-corrected chi connectivity index (χ0v) is 12.1. The second kappa shape index (κ2) is 6.76. The number of hydrogen-bond acceptors (Lipinski definition) is 1. The van der Waals surface area contributed by atoms with E-state index < -0.39 is 23.5 Å². The van der Waals surface area contributed by atoms with E-state index in [0.717, 1.165) is 23.6 Å². The number of nitrogens with one attached hydrogen (secondary N) is 1. The third-order valence-electron chi connectivity index (χ3n) is 3.39. The summed E-state index contributed by atoms with van der Waals surface area (Å²) in [7, 11) is 0. The topological polar surface area (TPSA) is 12.0 Å². The summed E-state index contributed by atoms with van der Waals surface area (Å²) in [5.41, 5.74) is 2.02. The van der Waals surface area contributed by atoms with E-state index in [4.69, 9.17) is 0 Å². The van der Waals surface area contributed by atoms with Crippen LogP contribution in [0.2, 0.25) is 0 Å². The number of hydrogen-bond donors (Lipinski definition) is 1. The third-order valence-corrected chi connectivity index (χ3v) is 3.39. The van der Waals surface area contributed by atoms with Gasteiger partial charge in [0.2, 0.25) is 0 Å². The van der Waals surface area contributed by atoms with Crippen molar-refractivity contribution in [3.05, 3.63) is 70.5 Å². The summed E-state index contributed by atoms with van der Waals surface area (Å²) in [6, 6.07) is 9.30. The average Bonchev–Trinajstić information content (AvgIpc) is 2.48. The third kappa shape index (κ3) is 3.45. The Morgan fingerprint density at radius 1 is 0.952 bits per heavy atom. The minimum atomic E-state index is -1.43. The lowest BCUT2D eigenvalue weighted by molar-refractivity contribution is 0.432. The molecule has 1 N–H and O–H groups in total. The summed E-state index contributed by atoms with van der Waals surface area (Å²) >= 11 is 0. The van der Waals surface area contributed by atoms with E-state index in [9.17, 15) is 13.2 Å². The molecule has 4 heteroatoms. The molecular formula is C17H18F3N. The van der Waals surface area contributed by atoms with Crippen LogP contribution < -0.4 is 5.32 Å². The molecule has 21 heavy (non-hydrogen) atoms. The van der Waals surface area contributed by atoms with Crippen LogP contribution in [0.1, 0.15) is 36.1 Å². The minimum absolute atomic E-state index is 0.117. The molecule has 0 aromatic heterocycles. The molecule has 0 saturated carbocycles. The highest BCUT2D eigenvalue weighted by Gasteiger charge is 2.21. The van der Waals surface area contributed by atoms with E-state index in [-0.39, 0.29) is 5.56 Å². The number of benzene rings is 2. The van der Waals surface area contributed by atoms with Gasteiger partial charge < -0.3 is 5.32 Å². The lowest BCUT2D eigenvalue weighted by Crippen LogP contribution is -2.24. The van der Waals surface area contributed by atoms with Crippen LogP contribution in [0, 0.1) is 24.4 Å². The molecule has 0 amide bonds. The van der Waals surface area contributed by atoms with E-state index >= 15 is 0 Å².